The molecule has 5 nitrogen and oxygen atoms in total. The van der Waals surface area contributed by atoms with E-state index in [2.05, 4.69) is 14.7 Å². The molecule has 0 aliphatic heterocycles. The van der Waals surface area contributed by atoms with Gasteiger partial charge in [-0.2, -0.15) is 4.37 Å². The Morgan fingerprint density at radius 2 is 2.44 bits per heavy atom. The first-order valence-corrected chi connectivity index (χ1v) is 6.28. The van der Waals surface area contributed by atoms with Crippen LogP contribution < -0.4 is 5.32 Å². The molecule has 1 aromatic rings. The second kappa shape index (κ2) is 5.23. The smallest absolute Gasteiger partial charge is 0.248 e. The molecule has 1 amide bonds. The van der Waals surface area contributed by atoms with Gasteiger partial charge in [0.05, 0.1) is 0 Å². The largest absolute Gasteiger partial charge is 0.377 e. The highest BCUT2D eigenvalue weighted by atomic mass is 32.1. The van der Waals surface area contributed by atoms with Gasteiger partial charge in [-0.1, -0.05) is 0 Å². The lowest BCUT2D eigenvalue weighted by Gasteiger charge is -2.09. The first kappa shape index (κ1) is 13.3. The number of methoxy groups -OCH3 is 1. The number of carbonyl (C=O) groups is 1. The van der Waals surface area contributed by atoms with Gasteiger partial charge in [0.2, 0.25) is 17.0 Å². The molecule has 8 heteroatoms. The van der Waals surface area contributed by atoms with Crippen molar-refractivity contribution in [1.82, 2.24) is 9.36 Å². The molecule has 1 aliphatic rings. The highest BCUT2D eigenvalue weighted by molar-refractivity contribution is 7.09. The predicted molar refractivity (Wildman–Crippen MR) is 61.5 cm³/mol. The number of halogens is 2. The maximum atomic E-state index is 13.0. The zero-order chi connectivity index (χ0) is 13.2. The Morgan fingerprint density at radius 3 is 3.06 bits per heavy atom. The van der Waals surface area contributed by atoms with Crippen molar-refractivity contribution in [2.24, 2.45) is 5.92 Å². The quantitative estimate of drug-likeness (QED) is 0.915. The highest BCUT2D eigenvalue weighted by Crippen LogP contribution is 2.39. The summed E-state index contributed by atoms with van der Waals surface area (Å²) in [4.78, 5) is 15.7. The standard InChI is InChI=1S/C10H13F2N3O2S/c1-17-5-7-13-9(18-15-7)14-8(16)6-2-3-10(11,12)4-6/h6H,2-5H2,1H3,(H,13,14,15,16). The molecule has 0 radical (unpaired) electrons. The number of alkyl halides is 2. The fourth-order valence-corrected chi connectivity index (χ4v) is 2.45. The van der Waals surface area contributed by atoms with Crippen LogP contribution in [0.15, 0.2) is 0 Å². The van der Waals surface area contributed by atoms with Crippen molar-refractivity contribution in [3.63, 3.8) is 0 Å². The van der Waals surface area contributed by atoms with Gasteiger partial charge in [-0.25, -0.2) is 13.8 Å². The summed E-state index contributed by atoms with van der Waals surface area (Å²) in [5, 5.41) is 2.84. The van der Waals surface area contributed by atoms with Gasteiger partial charge in [-0.3, -0.25) is 4.79 Å². The molecule has 1 fully saturated rings. The van der Waals surface area contributed by atoms with Crippen molar-refractivity contribution in [2.75, 3.05) is 12.4 Å². The van der Waals surface area contributed by atoms with E-state index in [0.717, 1.165) is 11.5 Å². The number of ether oxygens (including phenoxy) is 1. The van der Waals surface area contributed by atoms with E-state index < -0.39 is 17.7 Å². The van der Waals surface area contributed by atoms with Crippen LogP contribution in [0.2, 0.25) is 0 Å². The number of nitrogens with zero attached hydrogens (tertiary/aromatic N) is 2. The van der Waals surface area contributed by atoms with Gasteiger partial charge < -0.3 is 10.1 Å². The van der Waals surface area contributed by atoms with E-state index in [1.54, 1.807) is 0 Å². The van der Waals surface area contributed by atoms with Gasteiger partial charge in [0.25, 0.3) is 0 Å². The average Bonchev–Trinajstić information content (AvgIpc) is 2.86. The second-order valence-corrected chi connectivity index (χ2v) is 4.99. The minimum atomic E-state index is -2.72. The normalized spacial score (nSPS) is 22.1. The van der Waals surface area contributed by atoms with Gasteiger partial charge in [0.15, 0.2) is 5.82 Å². The van der Waals surface area contributed by atoms with Crippen molar-refractivity contribution in [2.45, 2.75) is 31.8 Å². The summed E-state index contributed by atoms with van der Waals surface area (Å²) in [5.74, 6) is -3.30. The van der Waals surface area contributed by atoms with E-state index in [0.29, 0.717) is 11.0 Å². The molecular weight excluding hydrogens is 264 g/mol. The highest BCUT2D eigenvalue weighted by Gasteiger charge is 2.42. The average molecular weight is 277 g/mol. The van der Waals surface area contributed by atoms with Crippen molar-refractivity contribution in [1.29, 1.82) is 0 Å². The van der Waals surface area contributed by atoms with Crippen LogP contribution in [0.1, 0.15) is 25.1 Å². The minimum Gasteiger partial charge on any atom is -0.377 e. The van der Waals surface area contributed by atoms with E-state index in [9.17, 15) is 13.6 Å². The van der Waals surface area contributed by atoms with Crippen LogP contribution in [0.3, 0.4) is 0 Å². The summed E-state index contributed by atoms with van der Waals surface area (Å²) >= 11 is 1.02. The Labute approximate surface area is 107 Å². The molecule has 18 heavy (non-hydrogen) atoms. The maximum Gasteiger partial charge on any atom is 0.248 e. The number of hydrogen-bond acceptors (Lipinski definition) is 5. The number of hydrogen-bond donors (Lipinski definition) is 1. The van der Waals surface area contributed by atoms with Crippen LogP contribution in [0.5, 0.6) is 0 Å². The summed E-state index contributed by atoms with van der Waals surface area (Å²) in [5.41, 5.74) is 0. The van der Waals surface area contributed by atoms with Crippen LogP contribution in [0, 0.1) is 5.92 Å². The third-order valence-corrected chi connectivity index (χ3v) is 3.41. The fourth-order valence-electron chi connectivity index (χ4n) is 1.87. The molecule has 0 aromatic carbocycles. The van der Waals surface area contributed by atoms with Crippen LogP contribution >= 0.6 is 11.5 Å². The molecule has 1 unspecified atom stereocenters. The number of rotatable bonds is 4. The molecule has 0 saturated heterocycles. The molecular formula is C10H13F2N3O2S. The fraction of sp³-hybridized carbons (Fsp3) is 0.700. The Bertz CT molecular complexity index is 439. The third kappa shape index (κ3) is 3.20. The first-order valence-electron chi connectivity index (χ1n) is 5.50. The first-order chi connectivity index (χ1) is 8.50. The summed E-state index contributed by atoms with van der Waals surface area (Å²) in [6.45, 7) is 0.258. The zero-order valence-electron chi connectivity index (χ0n) is 9.78. The zero-order valence-corrected chi connectivity index (χ0v) is 10.6. The summed E-state index contributed by atoms with van der Waals surface area (Å²) in [6, 6.07) is 0. The number of amides is 1. The number of anilines is 1. The van der Waals surface area contributed by atoms with Crippen LogP contribution in [-0.4, -0.2) is 28.3 Å². The second-order valence-electron chi connectivity index (χ2n) is 4.23. The van der Waals surface area contributed by atoms with Crippen LogP contribution in [0.25, 0.3) is 0 Å². The van der Waals surface area contributed by atoms with Gasteiger partial charge in [-0.15, -0.1) is 0 Å². The van der Waals surface area contributed by atoms with E-state index in [1.807, 2.05) is 0 Å². The van der Waals surface area contributed by atoms with Gasteiger partial charge >= 0.3 is 0 Å². The SMILES string of the molecule is COCc1nsc(NC(=O)C2CCC(F)(F)C2)n1. The monoisotopic (exact) mass is 277 g/mol. The molecule has 2 rings (SSSR count). The molecule has 1 saturated carbocycles. The van der Waals surface area contributed by atoms with Crippen molar-refractivity contribution < 1.29 is 18.3 Å². The van der Waals surface area contributed by atoms with E-state index in [4.69, 9.17) is 4.74 Å². The Kier molecular flexibility index (Phi) is 3.86. The molecule has 1 aromatic heterocycles. The maximum absolute atomic E-state index is 13.0. The van der Waals surface area contributed by atoms with Gasteiger partial charge in [0, 0.05) is 37.4 Å². The lowest BCUT2D eigenvalue weighted by molar-refractivity contribution is -0.120. The lowest BCUT2D eigenvalue weighted by atomic mass is 10.1. The molecule has 1 heterocycles. The van der Waals surface area contributed by atoms with Gasteiger partial charge in [0.1, 0.15) is 6.61 Å². The molecule has 1 aliphatic carbocycles. The molecule has 0 spiro atoms. The topological polar surface area (TPSA) is 64.1 Å². The third-order valence-electron chi connectivity index (χ3n) is 2.75. The lowest BCUT2D eigenvalue weighted by Crippen LogP contribution is -2.22. The Morgan fingerprint density at radius 1 is 1.67 bits per heavy atom. The molecule has 1 atom stereocenters. The summed E-state index contributed by atoms with van der Waals surface area (Å²) in [6.07, 6.45) is -0.402. The number of nitrogens with one attached hydrogen (secondary N) is 1. The number of carbonyl (C=O) groups excluding carboxylic acids is 1. The Balaban J connectivity index is 1.91. The molecule has 100 valence electrons. The predicted octanol–water partition coefficient (Wildman–Crippen LogP) is 2.06. The van der Waals surface area contributed by atoms with E-state index >= 15 is 0 Å². The molecule has 1 N–H and O–H groups in total. The van der Waals surface area contributed by atoms with Crippen molar-refractivity contribution in [3.8, 4) is 0 Å². The number of aromatic nitrogens is 2. The van der Waals surface area contributed by atoms with Crippen molar-refractivity contribution in [3.05, 3.63) is 5.82 Å². The van der Waals surface area contributed by atoms with Crippen molar-refractivity contribution >= 4 is 22.6 Å². The Hall–Kier alpha value is -1.15. The summed E-state index contributed by atoms with van der Waals surface area (Å²) in [7, 11) is 1.51. The summed E-state index contributed by atoms with van der Waals surface area (Å²) < 4.78 is 34.8. The van der Waals surface area contributed by atoms with Crippen LogP contribution in [0.4, 0.5) is 13.9 Å². The molecule has 0 bridgehead atoms. The van der Waals surface area contributed by atoms with E-state index in [1.165, 1.54) is 7.11 Å². The van der Waals surface area contributed by atoms with E-state index in [-0.39, 0.29) is 25.9 Å². The van der Waals surface area contributed by atoms with Crippen LogP contribution in [-0.2, 0) is 16.1 Å². The van der Waals surface area contributed by atoms with Gasteiger partial charge in [-0.05, 0) is 6.42 Å². The minimum absolute atomic E-state index is 0.211.